The quantitative estimate of drug-likeness (QED) is 0.657. The lowest BCUT2D eigenvalue weighted by atomic mass is 10.1. The van der Waals surface area contributed by atoms with Crippen LogP contribution in [0.25, 0.3) is 17.0 Å². The number of aromatic amines is 1. The first-order valence-electron chi connectivity index (χ1n) is 8.86. The Morgan fingerprint density at radius 2 is 2.12 bits per heavy atom. The average Bonchev–Trinajstić information content (AvgIpc) is 3.09. The molecule has 0 aliphatic heterocycles. The summed E-state index contributed by atoms with van der Waals surface area (Å²) in [5, 5.41) is 1.15. The molecule has 5 nitrogen and oxygen atoms in total. The highest BCUT2D eigenvalue weighted by Crippen LogP contribution is 2.24. The number of rotatable bonds is 6. The van der Waals surface area contributed by atoms with Crippen molar-refractivity contribution in [3.63, 3.8) is 0 Å². The number of nitrogens with two attached hydrogens (primary N) is 1. The summed E-state index contributed by atoms with van der Waals surface area (Å²) < 4.78 is 0. The number of nitrogen functional groups attached to an aromatic ring is 1. The van der Waals surface area contributed by atoms with Crippen LogP contribution in [0.5, 0.6) is 0 Å². The van der Waals surface area contributed by atoms with Gasteiger partial charge in [-0.25, -0.2) is 4.98 Å². The van der Waals surface area contributed by atoms with Gasteiger partial charge in [0, 0.05) is 30.0 Å². The van der Waals surface area contributed by atoms with Gasteiger partial charge in [-0.3, -0.25) is 4.79 Å². The summed E-state index contributed by atoms with van der Waals surface area (Å²) in [6, 6.07) is 13.8. The highest BCUT2D eigenvalue weighted by molar-refractivity contribution is 5.92. The van der Waals surface area contributed by atoms with E-state index >= 15 is 0 Å². The molecule has 1 aromatic carbocycles. The molecule has 3 N–H and O–H groups in total. The lowest BCUT2D eigenvalue weighted by molar-refractivity contribution is -0.128. The summed E-state index contributed by atoms with van der Waals surface area (Å²) in [4.78, 5) is 22.1. The summed E-state index contributed by atoms with van der Waals surface area (Å²) in [5.74, 6) is 0.448. The molecule has 134 valence electrons. The fourth-order valence-corrected chi connectivity index (χ4v) is 3.00. The smallest absolute Gasteiger partial charge is 0.247 e. The molecule has 0 saturated carbocycles. The second kappa shape index (κ2) is 7.87. The summed E-state index contributed by atoms with van der Waals surface area (Å²) in [7, 11) is 0. The zero-order valence-electron chi connectivity index (χ0n) is 15.1. The Balaban J connectivity index is 1.80. The van der Waals surface area contributed by atoms with Gasteiger partial charge in [0.25, 0.3) is 0 Å². The molecule has 3 rings (SSSR count). The SMILES string of the molecule is CCCN(C(=O)C=Cc1ccc(N)nc1)C(C)c1cc2ccccc2[nH]1. The average molecular weight is 348 g/mol. The Morgan fingerprint density at radius 1 is 1.31 bits per heavy atom. The van der Waals surface area contributed by atoms with Crippen LogP contribution in [0.1, 0.15) is 37.6 Å². The lowest BCUT2D eigenvalue weighted by Crippen LogP contribution is -2.33. The van der Waals surface area contributed by atoms with E-state index in [0.29, 0.717) is 12.4 Å². The summed E-state index contributed by atoms with van der Waals surface area (Å²) in [6.07, 6.45) is 5.93. The molecule has 0 aliphatic carbocycles. The highest BCUT2D eigenvalue weighted by atomic mass is 16.2. The van der Waals surface area contributed by atoms with E-state index in [2.05, 4.69) is 35.9 Å². The van der Waals surface area contributed by atoms with Crippen LogP contribution >= 0.6 is 0 Å². The zero-order chi connectivity index (χ0) is 18.5. The Bertz CT molecular complexity index is 878. The maximum Gasteiger partial charge on any atom is 0.247 e. The Hall–Kier alpha value is -3.08. The van der Waals surface area contributed by atoms with E-state index in [0.717, 1.165) is 28.6 Å². The van der Waals surface area contributed by atoms with Gasteiger partial charge in [-0.1, -0.05) is 25.1 Å². The highest BCUT2D eigenvalue weighted by Gasteiger charge is 2.20. The fourth-order valence-electron chi connectivity index (χ4n) is 3.00. The first-order valence-corrected chi connectivity index (χ1v) is 8.86. The van der Waals surface area contributed by atoms with Crippen molar-refractivity contribution in [1.29, 1.82) is 0 Å². The van der Waals surface area contributed by atoms with Gasteiger partial charge >= 0.3 is 0 Å². The van der Waals surface area contributed by atoms with Crippen molar-refractivity contribution in [2.45, 2.75) is 26.3 Å². The molecule has 1 unspecified atom stereocenters. The molecule has 0 aliphatic rings. The van der Waals surface area contributed by atoms with Crippen molar-refractivity contribution in [2.24, 2.45) is 0 Å². The second-order valence-electron chi connectivity index (χ2n) is 6.37. The number of pyridine rings is 1. The molecule has 0 spiro atoms. The molecule has 5 heteroatoms. The van der Waals surface area contributed by atoms with Crippen molar-refractivity contribution >= 4 is 28.7 Å². The van der Waals surface area contributed by atoms with Gasteiger partial charge in [-0.05, 0) is 54.6 Å². The maximum atomic E-state index is 12.8. The Kier molecular flexibility index (Phi) is 5.37. The molecule has 1 atom stereocenters. The van der Waals surface area contributed by atoms with Crippen LogP contribution in [-0.2, 0) is 4.79 Å². The standard InChI is InChI=1S/C21H24N4O/c1-3-12-25(21(26)11-9-16-8-10-20(22)23-14-16)15(2)19-13-17-6-4-5-7-18(17)24-19/h4-11,13-15,24H,3,12H2,1-2H3,(H2,22,23). The predicted octanol–water partition coefficient (Wildman–Crippen LogP) is 4.16. The van der Waals surface area contributed by atoms with E-state index in [1.54, 1.807) is 24.4 Å². The van der Waals surface area contributed by atoms with Crippen LogP contribution < -0.4 is 5.73 Å². The molecular weight excluding hydrogens is 324 g/mol. The largest absolute Gasteiger partial charge is 0.384 e. The zero-order valence-corrected chi connectivity index (χ0v) is 15.1. The van der Waals surface area contributed by atoms with Gasteiger partial charge in [0.05, 0.1) is 6.04 Å². The van der Waals surface area contributed by atoms with Gasteiger partial charge in [0.2, 0.25) is 5.91 Å². The molecule has 2 aromatic heterocycles. The van der Waals surface area contributed by atoms with Crippen LogP contribution in [0.2, 0.25) is 0 Å². The van der Waals surface area contributed by atoms with E-state index in [-0.39, 0.29) is 11.9 Å². The number of carbonyl (C=O) groups excluding carboxylic acids is 1. The van der Waals surface area contributed by atoms with E-state index in [9.17, 15) is 4.79 Å². The van der Waals surface area contributed by atoms with E-state index in [1.807, 2.05) is 29.2 Å². The van der Waals surface area contributed by atoms with Crippen LogP contribution in [0.3, 0.4) is 0 Å². The third-order valence-corrected chi connectivity index (χ3v) is 4.44. The van der Waals surface area contributed by atoms with Crippen molar-refractivity contribution in [3.05, 3.63) is 66.0 Å². The van der Waals surface area contributed by atoms with Crippen LogP contribution in [0.15, 0.2) is 54.7 Å². The minimum atomic E-state index is -0.0379. The number of anilines is 1. The van der Waals surface area contributed by atoms with E-state index in [1.165, 1.54) is 0 Å². The minimum Gasteiger partial charge on any atom is -0.384 e. The first kappa shape index (κ1) is 17.7. The number of carbonyl (C=O) groups is 1. The molecular formula is C21H24N4O. The first-order chi connectivity index (χ1) is 12.6. The lowest BCUT2D eigenvalue weighted by Gasteiger charge is -2.27. The number of hydrogen-bond acceptors (Lipinski definition) is 3. The number of benzene rings is 1. The molecule has 0 radical (unpaired) electrons. The number of fused-ring (bicyclic) bond motifs is 1. The summed E-state index contributed by atoms with van der Waals surface area (Å²) in [6.45, 7) is 4.82. The topological polar surface area (TPSA) is 75.0 Å². The second-order valence-corrected chi connectivity index (χ2v) is 6.37. The van der Waals surface area contributed by atoms with E-state index < -0.39 is 0 Å². The number of aromatic nitrogens is 2. The molecule has 3 aromatic rings. The van der Waals surface area contributed by atoms with Gasteiger partial charge in [-0.15, -0.1) is 0 Å². The monoisotopic (exact) mass is 348 g/mol. The maximum absolute atomic E-state index is 12.8. The number of para-hydroxylation sites is 1. The third-order valence-electron chi connectivity index (χ3n) is 4.44. The third kappa shape index (κ3) is 3.94. The van der Waals surface area contributed by atoms with Gasteiger partial charge in [0.15, 0.2) is 0 Å². The van der Waals surface area contributed by atoms with Gasteiger partial charge in [-0.2, -0.15) is 0 Å². The predicted molar refractivity (Wildman–Crippen MR) is 106 cm³/mol. The Labute approximate surface area is 153 Å². The summed E-state index contributed by atoms with van der Waals surface area (Å²) in [5.41, 5.74) is 8.56. The molecule has 0 bridgehead atoms. The number of amides is 1. The Morgan fingerprint density at radius 3 is 2.81 bits per heavy atom. The van der Waals surface area contributed by atoms with Crippen LogP contribution in [-0.4, -0.2) is 27.3 Å². The summed E-state index contributed by atoms with van der Waals surface area (Å²) >= 11 is 0. The normalized spacial score (nSPS) is 12.5. The van der Waals surface area contributed by atoms with Gasteiger partial charge < -0.3 is 15.6 Å². The van der Waals surface area contributed by atoms with Crippen molar-refractivity contribution < 1.29 is 4.79 Å². The van der Waals surface area contributed by atoms with Crippen LogP contribution in [0, 0.1) is 0 Å². The number of nitrogens with one attached hydrogen (secondary N) is 1. The van der Waals surface area contributed by atoms with Gasteiger partial charge in [0.1, 0.15) is 5.82 Å². The van der Waals surface area contributed by atoms with Crippen LogP contribution in [0.4, 0.5) is 5.82 Å². The molecule has 0 saturated heterocycles. The van der Waals surface area contributed by atoms with Crippen molar-refractivity contribution in [3.8, 4) is 0 Å². The molecule has 0 fully saturated rings. The molecule has 26 heavy (non-hydrogen) atoms. The minimum absolute atomic E-state index is 0.0187. The van der Waals surface area contributed by atoms with Crippen molar-refractivity contribution in [1.82, 2.24) is 14.9 Å². The fraction of sp³-hybridized carbons (Fsp3) is 0.238. The molecule has 2 heterocycles. The van der Waals surface area contributed by atoms with Crippen molar-refractivity contribution in [2.75, 3.05) is 12.3 Å². The number of nitrogens with zero attached hydrogens (tertiary/aromatic N) is 2. The van der Waals surface area contributed by atoms with E-state index in [4.69, 9.17) is 5.73 Å². The number of hydrogen-bond donors (Lipinski definition) is 2. The molecule has 1 amide bonds. The number of H-pyrrole nitrogens is 1.